The van der Waals surface area contributed by atoms with Crippen molar-refractivity contribution in [3.8, 4) is 17.0 Å². The van der Waals surface area contributed by atoms with Crippen LogP contribution in [0, 0.1) is 3.95 Å². The van der Waals surface area contributed by atoms with Gasteiger partial charge >= 0.3 is 0 Å². The zero-order chi connectivity index (χ0) is 12.4. The van der Waals surface area contributed by atoms with Crippen molar-refractivity contribution in [2.75, 3.05) is 7.11 Å². The quantitative estimate of drug-likeness (QED) is 0.827. The Kier molecular flexibility index (Phi) is 3.86. The van der Waals surface area contributed by atoms with Gasteiger partial charge in [-0.2, -0.15) is 0 Å². The van der Waals surface area contributed by atoms with Gasteiger partial charge in [-0.05, 0) is 36.8 Å². The molecule has 90 valence electrons. The maximum absolute atomic E-state index is 6.03. The number of hydrogen-bond acceptors (Lipinski definition) is 3. The first-order chi connectivity index (χ1) is 8.15. The molecule has 1 N–H and O–H groups in total. The van der Waals surface area contributed by atoms with Crippen molar-refractivity contribution < 1.29 is 4.74 Å². The molecule has 0 saturated heterocycles. The van der Waals surface area contributed by atoms with E-state index in [2.05, 4.69) is 11.9 Å². The number of halogens is 1. The Bertz CT molecular complexity index is 588. The van der Waals surface area contributed by atoms with E-state index in [0.29, 0.717) is 5.02 Å². The lowest BCUT2D eigenvalue weighted by Crippen LogP contribution is -1.90. The lowest BCUT2D eigenvalue weighted by molar-refractivity contribution is 0.416. The van der Waals surface area contributed by atoms with Gasteiger partial charge in [0.2, 0.25) is 0 Å². The van der Waals surface area contributed by atoms with Crippen LogP contribution >= 0.6 is 35.2 Å². The minimum Gasteiger partial charge on any atom is -0.496 e. The molecule has 0 aliphatic rings. The monoisotopic (exact) mass is 285 g/mol. The van der Waals surface area contributed by atoms with Gasteiger partial charge in [-0.25, -0.2) is 0 Å². The molecule has 2 nitrogen and oxygen atoms in total. The summed E-state index contributed by atoms with van der Waals surface area (Å²) in [6, 6.07) is 5.58. The van der Waals surface area contributed by atoms with E-state index in [4.69, 9.17) is 28.6 Å². The van der Waals surface area contributed by atoms with Gasteiger partial charge in [0.25, 0.3) is 0 Å². The summed E-state index contributed by atoms with van der Waals surface area (Å²) in [5.41, 5.74) is 1.98. The summed E-state index contributed by atoms with van der Waals surface area (Å²) in [5.74, 6) is 0.799. The van der Waals surface area contributed by atoms with Gasteiger partial charge < -0.3 is 9.72 Å². The van der Waals surface area contributed by atoms with Gasteiger partial charge in [0.05, 0.1) is 12.8 Å². The smallest absolute Gasteiger partial charge is 0.159 e. The average molecular weight is 286 g/mol. The van der Waals surface area contributed by atoms with E-state index in [9.17, 15) is 0 Å². The van der Waals surface area contributed by atoms with Crippen LogP contribution < -0.4 is 4.74 Å². The highest BCUT2D eigenvalue weighted by molar-refractivity contribution is 7.73. The second kappa shape index (κ2) is 5.21. The highest BCUT2D eigenvalue weighted by atomic mass is 35.5. The van der Waals surface area contributed by atoms with Crippen molar-refractivity contribution in [3.63, 3.8) is 0 Å². The highest BCUT2D eigenvalue weighted by Gasteiger charge is 2.12. The molecular weight excluding hydrogens is 274 g/mol. The van der Waals surface area contributed by atoms with Gasteiger partial charge in [0.15, 0.2) is 3.95 Å². The van der Waals surface area contributed by atoms with E-state index < -0.39 is 0 Å². The molecule has 0 amide bonds. The van der Waals surface area contributed by atoms with Crippen LogP contribution in [0.2, 0.25) is 5.02 Å². The van der Waals surface area contributed by atoms with Crippen molar-refractivity contribution >= 4 is 35.2 Å². The summed E-state index contributed by atoms with van der Waals surface area (Å²) in [6.07, 6.45) is 0.933. The Morgan fingerprint density at radius 1 is 1.47 bits per heavy atom. The fraction of sp³-hybridized carbons (Fsp3) is 0.250. The maximum Gasteiger partial charge on any atom is 0.159 e. The van der Waals surface area contributed by atoms with Crippen LogP contribution in [0.3, 0.4) is 0 Å². The van der Waals surface area contributed by atoms with Crippen LogP contribution in [0.5, 0.6) is 5.75 Å². The molecular formula is C12H12ClNOS2. The van der Waals surface area contributed by atoms with Crippen LogP contribution in [0.15, 0.2) is 18.2 Å². The molecule has 17 heavy (non-hydrogen) atoms. The van der Waals surface area contributed by atoms with Crippen LogP contribution in [0.25, 0.3) is 11.3 Å². The SMILES string of the molecule is CCc1sc(=S)[nH]c1-c1cc(Cl)ccc1OC. The summed E-state index contributed by atoms with van der Waals surface area (Å²) in [7, 11) is 1.65. The van der Waals surface area contributed by atoms with Gasteiger partial charge in [-0.3, -0.25) is 0 Å². The molecule has 0 aliphatic heterocycles. The molecule has 0 unspecified atom stereocenters. The first-order valence-electron chi connectivity index (χ1n) is 5.21. The summed E-state index contributed by atoms with van der Waals surface area (Å²) in [5, 5.41) is 0.688. The molecule has 2 aromatic rings. The van der Waals surface area contributed by atoms with Crippen molar-refractivity contribution in [2.24, 2.45) is 0 Å². The van der Waals surface area contributed by atoms with Crippen LogP contribution in [-0.4, -0.2) is 12.1 Å². The van der Waals surface area contributed by atoms with Crippen molar-refractivity contribution in [2.45, 2.75) is 13.3 Å². The Morgan fingerprint density at radius 3 is 2.88 bits per heavy atom. The van der Waals surface area contributed by atoms with Crippen molar-refractivity contribution in [3.05, 3.63) is 32.1 Å². The van der Waals surface area contributed by atoms with E-state index in [-0.39, 0.29) is 0 Å². The molecule has 0 atom stereocenters. The largest absolute Gasteiger partial charge is 0.496 e. The maximum atomic E-state index is 6.03. The van der Waals surface area contributed by atoms with Crippen molar-refractivity contribution in [1.29, 1.82) is 0 Å². The number of rotatable bonds is 3. The summed E-state index contributed by atoms with van der Waals surface area (Å²) in [6.45, 7) is 2.11. The first-order valence-corrected chi connectivity index (χ1v) is 6.82. The van der Waals surface area contributed by atoms with Crippen LogP contribution in [-0.2, 0) is 6.42 Å². The van der Waals surface area contributed by atoms with Crippen LogP contribution in [0.1, 0.15) is 11.8 Å². The summed E-state index contributed by atoms with van der Waals surface area (Å²) < 4.78 is 6.13. The van der Waals surface area contributed by atoms with E-state index in [1.54, 1.807) is 18.4 Å². The zero-order valence-corrected chi connectivity index (χ0v) is 11.9. The lowest BCUT2D eigenvalue weighted by Gasteiger charge is -2.08. The molecule has 0 saturated carbocycles. The predicted octanol–water partition coefficient (Wildman–Crippen LogP) is 4.70. The average Bonchev–Trinajstić information content (AvgIpc) is 2.70. The van der Waals surface area contributed by atoms with Gasteiger partial charge in [-0.15, -0.1) is 11.3 Å². The minimum atomic E-state index is 0.688. The Labute approximate surface area is 114 Å². The molecule has 1 aromatic heterocycles. The number of methoxy groups -OCH3 is 1. The first kappa shape index (κ1) is 12.6. The van der Waals surface area contributed by atoms with Gasteiger partial charge in [0.1, 0.15) is 5.75 Å². The third kappa shape index (κ3) is 2.54. The van der Waals surface area contributed by atoms with E-state index in [1.807, 2.05) is 18.2 Å². The number of thiazole rings is 1. The predicted molar refractivity (Wildman–Crippen MR) is 75.9 cm³/mol. The fourth-order valence-corrected chi connectivity index (χ4v) is 3.06. The number of aryl methyl sites for hydroxylation is 1. The number of ether oxygens (including phenoxy) is 1. The molecule has 0 radical (unpaired) electrons. The molecule has 0 aliphatic carbocycles. The number of nitrogens with one attached hydrogen (secondary N) is 1. The molecule has 0 spiro atoms. The van der Waals surface area contributed by atoms with Gasteiger partial charge in [0, 0.05) is 15.5 Å². The van der Waals surface area contributed by atoms with E-state index >= 15 is 0 Å². The third-order valence-electron chi connectivity index (χ3n) is 2.47. The Balaban J connectivity index is 2.66. The minimum absolute atomic E-state index is 0.688. The zero-order valence-electron chi connectivity index (χ0n) is 9.54. The standard InChI is InChI=1S/C12H12ClNOS2/c1-3-10-11(14-12(16)17-10)8-6-7(13)4-5-9(8)15-2/h4-6H,3H2,1-2H3,(H,14,16). The van der Waals surface area contributed by atoms with Crippen LogP contribution in [0.4, 0.5) is 0 Å². The molecule has 1 heterocycles. The molecule has 0 fully saturated rings. The second-order valence-electron chi connectivity index (χ2n) is 3.51. The highest BCUT2D eigenvalue weighted by Crippen LogP contribution is 2.35. The van der Waals surface area contributed by atoms with E-state index in [1.165, 1.54) is 4.88 Å². The molecule has 0 bridgehead atoms. The number of H-pyrrole nitrogens is 1. The number of benzene rings is 1. The molecule has 1 aromatic carbocycles. The fourth-order valence-electron chi connectivity index (χ4n) is 1.70. The normalized spacial score (nSPS) is 10.5. The lowest BCUT2D eigenvalue weighted by atomic mass is 10.1. The van der Waals surface area contributed by atoms with Gasteiger partial charge in [-0.1, -0.05) is 18.5 Å². The Hall–Kier alpha value is -0.840. The number of hydrogen-bond donors (Lipinski definition) is 1. The summed E-state index contributed by atoms with van der Waals surface area (Å²) in [4.78, 5) is 4.43. The molecule has 2 rings (SSSR count). The number of aromatic amines is 1. The third-order valence-corrected chi connectivity index (χ3v) is 4.09. The van der Waals surface area contributed by atoms with E-state index in [0.717, 1.165) is 27.4 Å². The topological polar surface area (TPSA) is 25.0 Å². The van der Waals surface area contributed by atoms with Crippen molar-refractivity contribution in [1.82, 2.24) is 4.98 Å². The number of aromatic nitrogens is 1. The second-order valence-corrected chi connectivity index (χ2v) is 5.72. The Morgan fingerprint density at radius 2 is 2.24 bits per heavy atom. The molecule has 5 heteroatoms. The summed E-state index contributed by atoms with van der Waals surface area (Å²) >= 11 is 12.8.